The van der Waals surface area contributed by atoms with E-state index in [4.69, 9.17) is 9.84 Å². The monoisotopic (exact) mass is 291 g/mol. The Morgan fingerprint density at radius 1 is 1.38 bits per heavy atom. The van der Waals surface area contributed by atoms with Gasteiger partial charge in [-0.3, -0.25) is 4.90 Å². The first kappa shape index (κ1) is 15.8. The molecule has 1 atom stereocenters. The SMILES string of the molecule is CCC1CCCCCN1Cc1ccc(C(=O)O)c(OC)c1. The van der Waals surface area contributed by atoms with Gasteiger partial charge in [-0.1, -0.05) is 25.8 Å². The highest BCUT2D eigenvalue weighted by atomic mass is 16.5. The van der Waals surface area contributed by atoms with Crippen LogP contribution in [-0.4, -0.2) is 35.7 Å². The number of methoxy groups -OCH3 is 1. The van der Waals surface area contributed by atoms with Crippen LogP contribution in [0, 0.1) is 0 Å². The lowest BCUT2D eigenvalue weighted by Gasteiger charge is -2.29. The lowest BCUT2D eigenvalue weighted by Crippen LogP contribution is -2.33. The Kier molecular flexibility index (Phi) is 5.62. The van der Waals surface area contributed by atoms with Crippen LogP contribution in [0.2, 0.25) is 0 Å². The summed E-state index contributed by atoms with van der Waals surface area (Å²) < 4.78 is 5.21. The van der Waals surface area contributed by atoms with Crippen LogP contribution < -0.4 is 4.74 Å². The van der Waals surface area contributed by atoms with E-state index < -0.39 is 5.97 Å². The average molecular weight is 291 g/mol. The lowest BCUT2D eigenvalue weighted by molar-refractivity contribution is 0.0693. The van der Waals surface area contributed by atoms with Crippen LogP contribution >= 0.6 is 0 Å². The number of carboxylic acids is 1. The molecule has 4 heteroatoms. The fourth-order valence-electron chi connectivity index (χ4n) is 3.15. The molecule has 0 spiro atoms. The molecule has 1 aliphatic heterocycles. The summed E-state index contributed by atoms with van der Waals surface area (Å²) in [5.74, 6) is -0.498. The van der Waals surface area contributed by atoms with E-state index in [1.54, 1.807) is 6.07 Å². The zero-order valence-corrected chi connectivity index (χ0v) is 13.0. The number of carbonyl (C=O) groups is 1. The van der Waals surface area contributed by atoms with Crippen LogP contribution in [0.25, 0.3) is 0 Å². The van der Waals surface area contributed by atoms with Crippen molar-refractivity contribution in [2.75, 3.05) is 13.7 Å². The van der Waals surface area contributed by atoms with Crippen LogP contribution in [0.3, 0.4) is 0 Å². The Morgan fingerprint density at radius 3 is 2.86 bits per heavy atom. The summed E-state index contributed by atoms with van der Waals surface area (Å²) in [5.41, 5.74) is 1.35. The maximum Gasteiger partial charge on any atom is 0.339 e. The highest BCUT2D eigenvalue weighted by molar-refractivity contribution is 5.90. The van der Waals surface area contributed by atoms with E-state index in [9.17, 15) is 4.79 Å². The molecular formula is C17H25NO3. The summed E-state index contributed by atoms with van der Waals surface area (Å²) >= 11 is 0. The summed E-state index contributed by atoms with van der Waals surface area (Å²) in [6.45, 7) is 4.24. The summed E-state index contributed by atoms with van der Waals surface area (Å²) in [5, 5.41) is 9.14. The molecular weight excluding hydrogens is 266 g/mol. The van der Waals surface area contributed by atoms with Crippen molar-refractivity contribution in [3.8, 4) is 5.75 Å². The van der Waals surface area contributed by atoms with Crippen LogP contribution in [-0.2, 0) is 6.54 Å². The standard InChI is InChI=1S/C17H25NO3/c1-3-14-7-5-4-6-10-18(14)12-13-8-9-15(17(19)20)16(11-13)21-2/h8-9,11,14H,3-7,10,12H2,1-2H3,(H,19,20). The molecule has 0 saturated carbocycles. The molecule has 1 aromatic carbocycles. The molecule has 2 rings (SSSR count). The fourth-order valence-corrected chi connectivity index (χ4v) is 3.15. The average Bonchev–Trinajstić information content (AvgIpc) is 2.71. The van der Waals surface area contributed by atoms with Crippen LogP contribution in [0.1, 0.15) is 54.9 Å². The largest absolute Gasteiger partial charge is 0.496 e. The molecule has 1 unspecified atom stereocenters. The van der Waals surface area contributed by atoms with Gasteiger partial charge in [0.1, 0.15) is 11.3 Å². The van der Waals surface area contributed by atoms with E-state index in [0.29, 0.717) is 11.8 Å². The summed E-state index contributed by atoms with van der Waals surface area (Å²) in [7, 11) is 1.52. The number of carboxylic acid groups (broad SMARTS) is 1. The topological polar surface area (TPSA) is 49.8 Å². The fraction of sp³-hybridized carbons (Fsp3) is 0.588. The minimum Gasteiger partial charge on any atom is -0.496 e. The number of aromatic carboxylic acids is 1. The van der Waals surface area contributed by atoms with E-state index in [1.165, 1.54) is 39.2 Å². The second-order valence-corrected chi connectivity index (χ2v) is 5.72. The van der Waals surface area contributed by atoms with Gasteiger partial charge >= 0.3 is 5.97 Å². The third kappa shape index (κ3) is 3.97. The highest BCUT2D eigenvalue weighted by Crippen LogP contribution is 2.25. The smallest absolute Gasteiger partial charge is 0.339 e. The highest BCUT2D eigenvalue weighted by Gasteiger charge is 2.20. The van der Waals surface area contributed by atoms with E-state index in [1.807, 2.05) is 12.1 Å². The molecule has 1 saturated heterocycles. The number of rotatable bonds is 5. The van der Waals surface area contributed by atoms with Gasteiger partial charge in [-0.15, -0.1) is 0 Å². The Labute approximate surface area is 126 Å². The van der Waals surface area contributed by atoms with Gasteiger partial charge in [-0.2, -0.15) is 0 Å². The minimum absolute atomic E-state index is 0.226. The Bertz CT molecular complexity index is 487. The van der Waals surface area contributed by atoms with Crippen molar-refractivity contribution in [1.82, 2.24) is 4.90 Å². The molecule has 1 aromatic rings. The van der Waals surface area contributed by atoms with Gasteiger partial charge in [0, 0.05) is 12.6 Å². The van der Waals surface area contributed by atoms with Gasteiger partial charge in [0.05, 0.1) is 7.11 Å². The lowest BCUT2D eigenvalue weighted by atomic mass is 10.1. The normalized spacial score (nSPS) is 20.0. The van der Waals surface area contributed by atoms with Gasteiger partial charge in [0.15, 0.2) is 0 Å². The quantitative estimate of drug-likeness (QED) is 0.901. The summed E-state index contributed by atoms with van der Waals surface area (Å²) in [6, 6.07) is 6.05. The molecule has 1 heterocycles. The van der Waals surface area contributed by atoms with Crippen LogP contribution in [0.15, 0.2) is 18.2 Å². The van der Waals surface area contributed by atoms with Crippen molar-refractivity contribution in [2.24, 2.45) is 0 Å². The van der Waals surface area contributed by atoms with Crippen molar-refractivity contribution in [3.05, 3.63) is 29.3 Å². The van der Waals surface area contributed by atoms with Gasteiger partial charge in [-0.25, -0.2) is 4.79 Å². The molecule has 1 aliphatic rings. The first-order valence-corrected chi connectivity index (χ1v) is 7.80. The van der Waals surface area contributed by atoms with Crippen molar-refractivity contribution < 1.29 is 14.6 Å². The molecule has 0 aromatic heterocycles. The summed E-state index contributed by atoms with van der Waals surface area (Å²) in [4.78, 5) is 13.7. The molecule has 0 radical (unpaired) electrons. The van der Waals surface area contributed by atoms with Crippen LogP contribution in [0.5, 0.6) is 5.75 Å². The van der Waals surface area contributed by atoms with Gasteiger partial charge < -0.3 is 9.84 Å². The predicted octanol–water partition coefficient (Wildman–Crippen LogP) is 3.55. The zero-order valence-electron chi connectivity index (χ0n) is 13.0. The van der Waals surface area contributed by atoms with E-state index in [2.05, 4.69) is 11.8 Å². The van der Waals surface area contributed by atoms with Gasteiger partial charge in [-0.05, 0) is 43.5 Å². The molecule has 0 amide bonds. The van der Waals surface area contributed by atoms with Crippen molar-refractivity contribution in [1.29, 1.82) is 0 Å². The van der Waals surface area contributed by atoms with Gasteiger partial charge in [0.2, 0.25) is 0 Å². The molecule has 4 nitrogen and oxygen atoms in total. The van der Waals surface area contributed by atoms with Crippen molar-refractivity contribution >= 4 is 5.97 Å². The molecule has 21 heavy (non-hydrogen) atoms. The number of hydrogen-bond donors (Lipinski definition) is 1. The number of benzene rings is 1. The predicted molar refractivity (Wildman–Crippen MR) is 82.9 cm³/mol. The van der Waals surface area contributed by atoms with Crippen molar-refractivity contribution in [2.45, 2.75) is 51.6 Å². The van der Waals surface area contributed by atoms with E-state index in [0.717, 1.165) is 18.7 Å². The molecule has 116 valence electrons. The van der Waals surface area contributed by atoms with E-state index in [-0.39, 0.29) is 5.56 Å². The maximum absolute atomic E-state index is 11.1. The second-order valence-electron chi connectivity index (χ2n) is 5.72. The summed E-state index contributed by atoms with van der Waals surface area (Å²) in [6.07, 6.45) is 6.32. The second kappa shape index (κ2) is 7.46. The third-order valence-electron chi connectivity index (χ3n) is 4.35. The Morgan fingerprint density at radius 2 is 2.19 bits per heavy atom. The van der Waals surface area contributed by atoms with Crippen LogP contribution in [0.4, 0.5) is 0 Å². The molecule has 1 fully saturated rings. The van der Waals surface area contributed by atoms with E-state index >= 15 is 0 Å². The maximum atomic E-state index is 11.1. The first-order valence-electron chi connectivity index (χ1n) is 7.80. The number of likely N-dealkylation sites (tertiary alicyclic amines) is 1. The zero-order chi connectivity index (χ0) is 15.2. The third-order valence-corrected chi connectivity index (χ3v) is 4.35. The van der Waals surface area contributed by atoms with Crippen molar-refractivity contribution in [3.63, 3.8) is 0 Å². The number of nitrogens with zero attached hydrogens (tertiary/aromatic N) is 1. The molecule has 0 aliphatic carbocycles. The molecule has 1 N–H and O–H groups in total. The Balaban J connectivity index is 2.16. The number of hydrogen-bond acceptors (Lipinski definition) is 3. The minimum atomic E-state index is -0.945. The molecule has 0 bridgehead atoms. The number of ether oxygens (including phenoxy) is 1. The first-order chi connectivity index (χ1) is 10.2. The Hall–Kier alpha value is -1.55. The van der Waals surface area contributed by atoms with Gasteiger partial charge in [0.25, 0.3) is 0 Å².